The van der Waals surface area contributed by atoms with Crippen LogP contribution in [0.15, 0.2) is 54.6 Å². The smallest absolute Gasteiger partial charge is 0.0739 e. The fraction of sp³-hybridized carbons (Fsp3) is 0.400. The molecule has 0 unspecified atom stereocenters. The van der Waals surface area contributed by atoms with Gasteiger partial charge in [-0.05, 0) is 18.1 Å². The average molecular weight is 311 g/mol. The standard InChI is InChI=1S/C20H25NO2/c1-15-7-9-17(10-8-15)20-18(14-22)12-21(13-19(20)23)11-16-5-3-2-4-6-16/h2-10,18-20,22-23H,11-14H2,1H3/t18-,19+,20-/m0/s1. The Kier molecular flexibility index (Phi) is 5.11. The third kappa shape index (κ3) is 3.81. The van der Waals surface area contributed by atoms with E-state index in [1.165, 1.54) is 11.1 Å². The average Bonchev–Trinajstić information content (AvgIpc) is 2.56. The second kappa shape index (κ2) is 7.26. The first-order chi connectivity index (χ1) is 11.2. The first kappa shape index (κ1) is 16.2. The van der Waals surface area contributed by atoms with Gasteiger partial charge in [0.05, 0.1) is 6.10 Å². The van der Waals surface area contributed by atoms with Crippen molar-refractivity contribution in [3.05, 3.63) is 71.3 Å². The summed E-state index contributed by atoms with van der Waals surface area (Å²) in [6.07, 6.45) is -0.452. The van der Waals surface area contributed by atoms with Crippen LogP contribution in [-0.2, 0) is 6.54 Å². The normalized spacial score (nSPS) is 25.4. The Morgan fingerprint density at radius 2 is 1.70 bits per heavy atom. The van der Waals surface area contributed by atoms with Crippen molar-refractivity contribution in [3.63, 3.8) is 0 Å². The molecule has 2 aromatic carbocycles. The second-order valence-electron chi connectivity index (χ2n) is 6.63. The number of likely N-dealkylation sites (tertiary alicyclic amines) is 1. The quantitative estimate of drug-likeness (QED) is 0.912. The van der Waals surface area contributed by atoms with Crippen molar-refractivity contribution in [3.8, 4) is 0 Å². The number of β-amino-alcohol motifs (C(OH)–C–C–N with tert-alkyl or cyclic N) is 1. The molecule has 3 atom stereocenters. The van der Waals surface area contributed by atoms with E-state index >= 15 is 0 Å². The molecule has 0 aliphatic carbocycles. The highest BCUT2D eigenvalue weighted by Gasteiger charge is 2.36. The van der Waals surface area contributed by atoms with E-state index < -0.39 is 6.10 Å². The van der Waals surface area contributed by atoms with Crippen LogP contribution >= 0.6 is 0 Å². The molecular weight excluding hydrogens is 286 g/mol. The molecule has 3 nitrogen and oxygen atoms in total. The van der Waals surface area contributed by atoms with E-state index in [2.05, 4.69) is 48.2 Å². The van der Waals surface area contributed by atoms with Crippen LogP contribution in [0, 0.1) is 12.8 Å². The largest absolute Gasteiger partial charge is 0.396 e. The summed E-state index contributed by atoms with van der Waals surface area (Å²) in [5, 5.41) is 20.5. The Labute approximate surface area is 138 Å². The number of rotatable bonds is 4. The van der Waals surface area contributed by atoms with Gasteiger partial charge in [-0.15, -0.1) is 0 Å². The number of piperidine rings is 1. The number of hydrogen-bond donors (Lipinski definition) is 2. The Hall–Kier alpha value is -1.68. The van der Waals surface area contributed by atoms with Gasteiger partial charge in [-0.2, -0.15) is 0 Å². The maximum absolute atomic E-state index is 10.7. The zero-order valence-corrected chi connectivity index (χ0v) is 13.6. The molecule has 0 saturated carbocycles. The Morgan fingerprint density at radius 1 is 1.00 bits per heavy atom. The molecule has 1 saturated heterocycles. The number of nitrogens with zero attached hydrogens (tertiary/aromatic N) is 1. The lowest BCUT2D eigenvalue weighted by molar-refractivity contribution is -0.00340. The molecule has 3 heteroatoms. The number of aliphatic hydroxyl groups excluding tert-OH is 2. The molecule has 122 valence electrons. The molecular formula is C20H25NO2. The van der Waals surface area contributed by atoms with Crippen molar-refractivity contribution < 1.29 is 10.2 Å². The van der Waals surface area contributed by atoms with E-state index in [1.54, 1.807) is 0 Å². The number of aliphatic hydroxyl groups is 2. The van der Waals surface area contributed by atoms with Crippen LogP contribution < -0.4 is 0 Å². The summed E-state index contributed by atoms with van der Waals surface area (Å²) < 4.78 is 0. The van der Waals surface area contributed by atoms with Crippen molar-refractivity contribution >= 4 is 0 Å². The molecule has 0 bridgehead atoms. The minimum atomic E-state index is -0.452. The van der Waals surface area contributed by atoms with Crippen LogP contribution in [0.4, 0.5) is 0 Å². The Bertz CT molecular complexity index is 611. The van der Waals surface area contributed by atoms with Crippen LogP contribution in [0.3, 0.4) is 0 Å². The van der Waals surface area contributed by atoms with E-state index in [0.717, 1.165) is 18.7 Å². The molecule has 0 radical (unpaired) electrons. The summed E-state index contributed by atoms with van der Waals surface area (Å²) in [6.45, 7) is 4.42. The zero-order valence-electron chi connectivity index (χ0n) is 13.6. The van der Waals surface area contributed by atoms with Gasteiger partial charge in [0.1, 0.15) is 0 Å². The van der Waals surface area contributed by atoms with Gasteiger partial charge < -0.3 is 10.2 Å². The SMILES string of the molecule is Cc1ccc([C@H]2[C@H](CO)CN(Cc3ccccc3)C[C@H]2O)cc1. The van der Waals surface area contributed by atoms with Crippen molar-refractivity contribution in [2.75, 3.05) is 19.7 Å². The number of hydrogen-bond acceptors (Lipinski definition) is 3. The summed E-state index contributed by atoms with van der Waals surface area (Å²) in [7, 11) is 0. The van der Waals surface area contributed by atoms with E-state index in [0.29, 0.717) is 6.54 Å². The van der Waals surface area contributed by atoms with E-state index in [-0.39, 0.29) is 18.4 Å². The molecule has 2 N–H and O–H groups in total. The number of aryl methyl sites for hydroxylation is 1. The molecule has 1 aliphatic rings. The van der Waals surface area contributed by atoms with Gasteiger partial charge in [0, 0.05) is 38.1 Å². The molecule has 23 heavy (non-hydrogen) atoms. The molecule has 0 aromatic heterocycles. The lowest BCUT2D eigenvalue weighted by atomic mass is 9.78. The van der Waals surface area contributed by atoms with Crippen molar-refractivity contribution in [1.29, 1.82) is 0 Å². The predicted octanol–water partition coefficient (Wildman–Crippen LogP) is 2.56. The topological polar surface area (TPSA) is 43.7 Å². The summed E-state index contributed by atoms with van der Waals surface area (Å²) in [6, 6.07) is 18.6. The van der Waals surface area contributed by atoms with Gasteiger partial charge in [-0.25, -0.2) is 0 Å². The van der Waals surface area contributed by atoms with Crippen LogP contribution in [0.1, 0.15) is 22.6 Å². The lowest BCUT2D eigenvalue weighted by Gasteiger charge is -2.41. The maximum atomic E-state index is 10.7. The summed E-state index contributed by atoms with van der Waals surface area (Å²) >= 11 is 0. The molecule has 3 rings (SSSR count). The molecule has 1 fully saturated rings. The van der Waals surface area contributed by atoms with Crippen molar-refractivity contribution in [2.24, 2.45) is 5.92 Å². The number of benzene rings is 2. The molecule has 1 heterocycles. The van der Waals surface area contributed by atoms with Crippen molar-refractivity contribution in [2.45, 2.75) is 25.5 Å². The third-order valence-corrected chi connectivity index (χ3v) is 4.81. The fourth-order valence-electron chi connectivity index (χ4n) is 3.64. The zero-order chi connectivity index (χ0) is 16.2. The monoisotopic (exact) mass is 311 g/mol. The first-order valence-corrected chi connectivity index (χ1v) is 8.29. The van der Waals surface area contributed by atoms with Crippen LogP contribution in [0.5, 0.6) is 0 Å². The molecule has 2 aromatic rings. The molecule has 0 amide bonds. The Morgan fingerprint density at radius 3 is 2.35 bits per heavy atom. The van der Waals surface area contributed by atoms with Gasteiger partial charge >= 0.3 is 0 Å². The third-order valence-electron chi connectivity index (χ3n) is 4.81. The Balaban J connectivity index is 1.74. The van der Waals surface area contributed by atoms with E-state index in [9.17, 15) is 10.2 Å². The highest BCUT2D eigenvalue weighted by atomic mass is 16.3. The lowest BCUT2D eigenvalue weighted by Crippen LogP contribution is -2.48. The highest BCUT2D eigenvalue weighted by Crippen LogP contribution is 2.33. The predicted molar refractivity (Wildman–Crippen MR) is 92.2 cm³/mol. The maximum Gasteiger partial charge on any atom is 0.0739 e. The van der Waals surface area contributed by atoms with E-state index in [1.807, 2.05) is 18.2 Å². The summed E-state index contributed by atoms with van der Waals surface area (Å²) in [4.78, 5) is 2.24. The highest BCUT2D eigenvalue weighted by molar-refractivity contribution is 5.27. The van der Waals surface area contributed by atoms with Gasteiger partial charge in [-0.3, -0.25) is 4.90 Å². The summed E-state index contributed by atoms with van der Waals surface area (Å²) in [5.41, 5.74) is 3.58. The minimum absolute atomic E-state index is 0.00706. The summed E-state index contributed by atoms with van der Waals surface area (Å²) in [5.74, 6) is 0.0674. The fourth-order valence-corrected chi connectivity index (χ4v) is 3.64. The minimum Gasteiger partial charge on any atom is -0.396 e. The van der Waals surface area contributed by atoms with Crippen LogP contribution in [-0.4, -0.2) is 40.9 Å². The van der Waals surface area contributed by atoms with Crippen molar-refractivity contribution in [1.82, 2.24) is 4.90 Å². The van der Waals surface area contributed by atoms with E-state index in [4.69, 9.17) is 0 Å². The van der Waals surface area contributed by atoms with Crippen LogP contribution in [0.25, 0.3) is 0 Å². The van der Waals surface area contributed by atoms with Gasteiger partial charge in [-0.1, -0.05) is 60.2 Å². The van der Waals surface area contributed by atoms with Crippen LogP contribution in [0.2, 0.25) is 0 Å². The second-order valence-corrected chi connectivity index (χ2v) is 6.63. The molecule has 1 aliphatic heterocycles. The first-order valence-electron chi connectivity index (χ1n) is 8.29. The van der Waals surface area contributed by atoms with Gasteiger partial charge in [0.25, 0.3) is 0 Å². The van der Waals surface area contributed by atoms with Gasteiger partial charge in [0.2, 0.25) is 0 Å². The molecule has 0 spiro atoms. The van der Waals surface area contributed by atoms with Gasteiger partial charge in [0.15, 0.2) is 0 Å².